The van der Waals surface area contributed by atoms with E-state index in [-0.39, 0.29) is 0 Å². The van der Waals surface area contributed by atoms with E-state index in [9.17, 15) is 0 Å². The molecule has 1 aliphatic rings. The first kappa shape index (κ1) is 9.85. The minimum absolute atomic E-state index is 1.64. The van der Waals surface area contributed by atoms with Gasteiger partial charge in [0.1, 0.15) is 36.6 Å². The minimum Gasteiger partial charge on any atom is -0.387 e. The van der Waals surface area contributed by atoms with E-state index in [1.807, 2.05) is 0 Å². The van der Waals surface area contributed by atoms with Gasteiger partial charge in [-0.3, -0.25) is 0 Å². The summed E-state index contributed by atoms with van der Waals surface area (Å²) in [6.45, 7) is 0. The van der Waals surface area contributed by atoms with E-state index in [0.29, 0.717) is 0 Å². The molecule has 72 valence electrons. The zero-order valence-corrected chi connectivity index (χ0v) is 6.15. The second-order valence-electron chi connectivity index (χ2n) is 2.94. The normalized spacial score (nSPS) is 55.5. The number of hydrogen-bond acceptors (Lipinski definition) is 6. The molecule has 0 bridgehead atoms. The Labute approximate surface area is 68.3 Å². The van der Waals surface area contributed by atoms with E-state index >= 15 is 0 Å². The van der Waals surface area contributed by atoms with Crippen LogP contribution >= 0.6 is 0 Å². The summed E-state index contributed by atoms with van der Waals surface area (Å²) in [6.07, 6.45) is -9.84. The summed E-state index contributed by atoms with van der Waals surface area (Å²) in [5.74, 6) is 0. The van der Waals surface area contributed by atoms with Crippen LogP contribution in [0, 0.1) is 0 Å². The number of hydrogen-bond donors (Lipinski definition) is 6. The molecule has 6 N–H and O–H groups in total. The van der Waals surface area contributed by atoms with Crippen LogP contribution in [0.5, 0.6) is 0 Å². The van der Waals surface area contributed by atoms with E-state index in [2.05, 4.69) is 0 Å². The molecular formula is C6H12O6. The molecule has 0 aromatic heterocycles. The van der Waals surface area contributed by atoms with Gasteiger partial charge in [-0.15, -0.1) is 0 Å². The molecule has 0 spiro atoms. The van der Waals surface area contributed by atoms with Crippen molar-refractivity contribution in [3.05, 3.63) is 0 Å². The molecule has 1 fully saturated rings. The van der Waals surface area contributed by atoms with Crippen molar-refractivity contribution in [2.75, 3.05) is 0 Å². The Hall–Kier alpha value is -0.240. The molecule has 0 saturated heterocycles. The molecule has 12 heavy (non-hydrogen) atoms. The molecule has 1 rings (SSSR count). The Bertz CT molecular complexity index is 104. The van der Waals surface area contributed by atoms with Crippen molar-refractivity contribution >= 4 is 0 Å². The van der Waals surface area contributed by atoms with Gasteiger partial charge in [-0.25, -0.2) is 0 Å². The van der Waals surface area contributed by atoms with Crippen molar-refractivity contribution in [2.45, 2.75) is 36.6 Å². The molecule has 6 nitrogen and oxygen atoms in total. The van der Waals surface area contributed by atoms with Gasteiger partial charge in [0.05, 0.1) is 0 Å². The van der Waals surface area contributed by atoms with Gasteiger partial charge in [0, 0.05) is 0 Å². The fourth-order valence-corrected chi connectivity index (χ4v) is 1.21. The highest BCUT2D eigenvalue weighted by Crippen LogP contribution is 2.20. The Balaban J connectivity index is 2.76. The van der Waals surface area contributed by atoms with Crippen LogP contribution in [0.3, 0.4) is 0 Å². The highest BCUT2D eigenvalue weighted by molar-refractivity contribution is 4.98. The average Bonchev–Trinajstić information content (AvgIpc) is 2.08. The van der Waals surface area contributed by atoms with Crippen LogP contribution in [0.2, 0.25) is 0 Å². The molecule has 0 unspecified atom stereocenters. The van der Waals surface area contributed by atoms with Gasteiger partial charge in [-0.1, -0.05) is 0 Å². The molecule has 0 aromatic rings. The molecular weight excluding hydrogens is 168 g/mol. The maximum Gasteiger partial charge on any atom is 0.111 e. The first-order valence-corrected chi connectivity index (χ1v) is 3.55. The van der Waals surface area contributed by atoms with Crippen molar-refractivity contribution < 1.29 is 30.6 Å². The van der Waals surface area contributed by atoms with E-state index in [0.717, 1.165) is 0 Å². The maximum atomic E-state index is 8.97. The molecule has 6 heteroatoms. The van der Waals surface area contributed by atoms with Crippen molar-refractivity contribution in [2.24, 2.45) is 0 Å². The molecule has 1 aliphatic carbocycles. The third kappa shape index (κ3) is 1.33. The van der Waals surface area contributed by atoms with Gasteiger partial charge in [-0.05, 0) is 0 Å². The van der Waals surface area contributed by atoms with Crippen LogP contribution in [0.1, 0.15) is 0 Å². The SMILES string of the molecule is OC1[C@H](O)[C@H](O)C(O)[C@H](O)[C@@H]1O. The maximum absolute atomic E-state index is 8.97. The van der Waals surface area contributed by atoms with Crippen LogP contribution in [-0.4, -0.2) is 67.3 Å². The van der Waals surface area contributed by atoms with Crippen LogP contribution in [0.25, 0.3) is 0 Å². The van der Waals surface area contributed by atoms with Gasteiger partial charge < -0.3 is 30.6 Å². The lowest BCUT2D eigenvalue weighted by Gasteiger charge is -2.39. The first-order chi connectivity index (χ1) is 5.46. The smallest absolute Gasteiger partial charge is 0.111 e. The van der Waals surface area contributed by atoms with Crippen LogP contribution in [0.15, 0.2) is 0 Å². The fourth-order valence-electron chi connectivity index (χ4n) is 1.21. The van der Waals surface area contributed by atoms with Gasteiger partial charge in [0.2, 0.25) is 0 Å². The summed E-state index contributed by atoms with van der Waals surface area (Å²) in [5.41, 5.74) is 0. The zero-order valence-electron chi connectivity index (χ0n) is 6.15. The summed E-state index contributed by atoms with van der Waals surface area (Å²) in [6, 6.07) is 0. The lowest BCUT2D eigenvalue weighted by molar-refractivity contribution is -0.223. The molecule has 0 aliphatic heterocycles. The quantitative estimate of drug-likeness (QED) is 0.227. The van der Waals surface area contributed by atoms with E-state index in [4.69, 9.17) is 30.6 Å². The largest absolute Gasteiger partial charge is 0.387 e. The van der Waals surface area contributed by atoms with Crippen molar-refractivity contribution in [1.29, 1.82) is 0 Å². The molecule has 0 aromatic carbocycles. The summed E-state index contributed by atoms with van der Waals surface area (Å²) in [4.78, 5) is 0. The monoisotopic (exact) mass is 180 g/mol. The highest BCUT2D eigenvalue weighted by atomic mass is 16.4. The van der Waals surface area contributed by atoms with Gasteiger partial charge in [0.25, 0.3) is 0 Å². The second-order valence-corrected chi connectivity index (χ2v) is 2.94. The molecule has 0 amide bonds. The van der Waals surface area contributed by atoms with Crippen molar-refractivity contribution in [1.82, 2.24) is 0 Å². The predicted octanol–water partition coefficient (Wildman–Crippen LogP) is -3.83. The Morgan fingerprint density at radius 1 is 0.333 bits per heavy atom. The molecule has 0 heterocycles. The predicted molar refractivity (Wildman–Crippen MR) is 36.0 cm³/mol. The Morgan fingerprint density at radius 3 is 0.500 bits per heavy atom. The summed E-state index contributed by atoms with van der Waals surface area (Å²) < 4.78 is 0. The Kier molecular flexibility index (Phi) is 2.67. The summed E-state index contributed by atoms with van der Waals surface area (Å²) in [7, 11) is 0. The molecule has 0 atom stereocenters. The summed E-state index contributed by atoms with van der Waals surface area (Å²) >= 11 is 0. The third-order valence-electron chi connectivity index (χ3n) is 2.10. The van der Waals surface area contributed by atoms with Crippen molar-refractivity contribution in [3.8, 4) is 0 Å². The second kappa shape index (κ2) is 3.25. The van der Waals surface area contributed by atoms with Crippen molar-refractivity contribution in [3.63, 3.8) is 0 Å². The van der Waals surface area contributed by atoms with E-state index in [1.54, 1.807) is 0 Å². The average molecular weight is 180 g/mol. The van der Waals surface area contributed by atoms with E-state index < -0.39 is 36.6 Å². The number of aliphatic hydroxyl groups is 6. The Morgan fingerprint density at radius 2 is 0.417 bits per heavy atom. The minimum atomic E-state index is -1.64. The van der Waals surface area contributed by atoms with Gasteiger partial charge >= 0.3 is 0 Å². The lowest BCUT2D eigenvalue weighted by atomic mass is 9.85. The topological polar surface area (TPSA) is 121 Å². The zero-order chi connectivity index (χ0) is 9.46. The van der Waals surface area contributed by atoms with Crippen LogP contribution in [0.4, 0.5) is 0 Å². The molecule has 0 radical (unpaired) electrons. The van der Waals surface area contributed by atoms with Crippen LogP contribution in [-0.2, 0) is 0 Å². The van der Waals surface area contributed by atoms with Crippen LogP contribution < -0.4 is 0 Å². The standard InChI is InChI=1S/C6H12O6/c7-1-2(8)4(10)6(12)5(11)3(1)9/h1-12H/t1-,2+,3?,4?,5-,6+. The molecule has 1 saturated carbocycles. The van der Waals surface area contributed by atoms with Gasteiger partial charge in [0.15, 0.2) is 0 Å². The van der Waals surface area contributed by atoms with E-state index in [1.165, 1.54) is 0 Å². The van der Waals surface area contributed by atoms with Gasteiger partial charge in [-0.2, -0.15) is 0 Å². The third-order valence-corrected chi connectivity index (χ3v) is 2.10. The summed E-state index contributed by atoms with van der Waals surface area (Å²) in [5, 5.41) is 53.8. The number of aliphatic hydroxyl groups excluding tert-OH is 6. The lowest BCUT2D eigenvalue weighted by Crippen LogP contribution is -2.63. The highest BCUT2D eigenvalue weighted by Gasteiger charge is 2.47. The number of rotatable bonds is 0. The fraction of sp³-hybridized carbons (Fsp3) is 1.00. The first-order valence-electron chi connectivity index (χ1n) is 3.55.